The van der Waals surface area contributed by atoms with E-state index in [4.69, 9.17) is 13.9 Å². The lowest BCUT2D eigenvalue weighted by Gasteiger charge is -2.30. The van der Waals surface area contributed by atoms with Crippen molar-refractivity contribution in [1.29, 1.82) is 0 Å². The highest BCUT2D eigenvalue weighted by Gasteiger charge is 2.35. The van der Waals surface area contributed by atoms with Gasteiger partial charge in [0.05, 0.1) is 0 Å². The highest BCUT2D eigenvalue weighted by atomic mass is 16.6. The Morgan fingerprint density at radius 3 is 2.21 bits per heavy atom. The quantitative estimate of drug-likeness (QED) is 0.215. The Morgan fingerprint density at radius 2 is 1.62 bits per heavy atom. The molecule has 3 rings (SSSR count). The van der Waals surface area contributed by atoms with Gasteiger partial charge in [-0.05, 0) is 107 Å². The van der Waals surface area contributed by atoms with Gasteiger partial charge >= 0.3 is 5.97 Å². The molecule has 34 heavy (non-hydrogen) atoms. The second-order valence-corrected chi connectivity index (χ2v) is 10.1. The summed E-state index contributed by atoms with van der Waals surface area (Å²) >= 11 is 0. The topological polar surface area (TPSA) is 65.7 Å². The summed E-state index contributed by atoms with van der Waals surface area (Å²) < 4.78 is 17.4. The number of rotatable bonds is 7. The van der Waals surface area contributed by atoms with Crippen molar-refractivity contribution in [3.8, 4) is 5.75 Å². The van der Waals surface area contributed by atoms with Crippen molar-refractivity contribution in [1.82, 2.24) is 0 Å². The number of benzene rings is 2. The lowest BCUT2D eigenvalue weighted by Crippen LogP contribution is -2.43. The summed E-state index contributed by atoms with van der Waals surface area (Å²) in [6.07, 6.45) is 4.18. The fourth-order valence-electron chi connectivity index (χ4n) is 3.61. The van der Waals surface area contributed by atoms with Gasteiger partial charge in [-0.2, -0.15) is 0 Å². The fourth-order valence-corrected chi connectivity index (χ4v) is 3.61. The molecule has 0 bridgehead atoms. The third kappa shape index (κ3) is 5.96. The second-order valence-electron chi connectivity index (χ2n) is 10.1. The minimum absolute atomic E-state index is 0.198. The molecule has 0 aliphatic heterocycles. The number of fused-ring (bicyclic) bond motifs is 1. The maximum absolute atomic E-state index is 12.7. The molecule has 1 aromatic heterocycles. The first-order chi connectivity index (χ1) is 15.8. The van der Waals surface area contributed by atoms with E-state index in [1.54, 1.807) is 26.0 Å². The SMILES string of the molecule is CCc1ccc2cc(C(=O)/C=C/c3cc(C)c(OC(C)(C)C(=O)OC(C)(C)C)c(C)c3)oc2c1. The van der Waals surface area contributed by atoms with Crippen LogP contribution in [0.15, 0.2) is 46.9 Å². The molecule has 0 saturated heterocycles. The molecule has 0 fully saturated rings. The molecule has 0 saturated carbocycles. The molecule has 3 aromatic rings. The number of aryl methyl sites for hydroxylation is 3. The van der Waals surface area contributed by atoms with E-state index in [-0.39, 0.29) is 5.78 Å². The van der Waals surface area contributed by atoms with Crippen LogP contribution in [0, 0.1) is 13.8 Å². The molecule has 0 aliphatic rings. The number of ether oxygens (including phenoxy) is 2. The first-order valence-electron chi connectivity index (χ1n) is 11.6. The van der Waals surface area contributed by atoms with E-state index in [1.165, 1.54) is 11.6 Å². The maximum Gasteiger partial charge on any atom is 0.350 e. The minimum Gasteiger partial charge on any atom is -0.476 e. The highest BCUT2D eigenvalue weighted by molar-refractivity contribution is 6.07. The molecule has 0 unspecified atom stereocenters. The number of ketones is 1. The first kappa shape index (κ1) is 25.3. The minimum atomic E-state index is -1.14. The van der Waals surface area contributed by atoms with Gasteiger partial charge in [-0.25, -0.2) is 4.79 Å². The lowest BCUT2D eigenvalue weighted by atomic mass is 10.0. The van der Waals surface area contributed by atoms with E-state index in [2.05, 4.69) is 6.92 Å². The number of hydrogen-bond acceptors (Lipinski definition) is 5. The molecule has 5 heteroatoms. The summed E-state index contributed by atoms with van der Waals surface area (Å²) in [6, 6.07) is 11.6. The van der Waals surface area contributed by atoms with Gasteiger partial charge in [0.15, 0.2) is 11.4 Å². The van der Waals surface area contributed by atoms with Gasteiger partial charge in [-0.3, -0.25) is 4.79 Å². The fraction of sp³-hybridized carbons (Fsp3) is 0.379. The summed E-state index contributed by atoms with van der Waals surface area (Å²) in [5, 5.41) is 0.912. The third-order valence-electron chi connectivity index (χ3n) is 5.39. The van der Waals surface area contributed by atoms with Crippen molar-refractivity contribution in [2.24, 2.45) is 0 Å². The monoisotopic (exact) mass is 462 g/mol. The predicted molar refractivity (Wildman–Crippen MR) is 135 cm³/mol. The first-order valence-corrected chi connectivity index (χ1v) is 11.6. The van der Waals surface area contributed by atoms with Gasteiger partial charge in [-0.1, -0.05) is 25.1 Å². The van der Waals surface area contributed by atoms with Gasteiger partial charge in [-0.15, -0.1) is 0 Å². The molecule has 2 aromatic carbocycles. The number of esters is 1. The Hall–Kier alpha value is -3.34. The van der Waals surface area contributed by atoms with E-state index in [1.807, 2.05) is 65.0 Å². The molecule has 5 nitrogen and oxygen atoms in total. The van der Waals surface area contributed by atoms with Gasteiger partial charge in [0.25, 0.3) is 0 Å². The van der Waals surface area contributed by atoms with Crippen LogP contribution in [-0.4, -0.2) is 23.0 Å². The summed E-state index contributed by atoms with van der Waals surface area (Å²) in [5.41, 5.74) is 2.72. The lowest BCUT2D eigenvalue weighted by molar-refractivity contribution is -0.171. The van der Waals surface area contributed by atoms with Crippen molar-refractivity contribution in [3.63, 3.8) is 0 Å². The largest absolute Gasteiger partial charge is 0.476 e. The second kappa shape index (κ2) is 9.49. The van der Waals surface area contributed by atoms with Crippen LogP contribution < -0.4 is 4.74 Å². The van der Waals surface area contributed by atoms with Gasteiger partial charge in [0, 0.05) is 5.39 Å². The molecular formula is C29H34O5. The van der Waals surface area contributed by atoms with E-state index in [0.29, 0.717) is 11.5 Å². The zero-order valence-electron chi connectivity index (χ0n) is 21.4. The van der Waals surface area contributed by atoms with E-state index in [0.717, 1.165) is 34.1 Å². The molecular weight excluding hydrogens is 428 g/mol. The van der Waals surface area contributed by atoms with Crippen molar-refractivity contribution in [2.75, 3.05) is 0 Å². The standard InChI is InChI=1S/C29H34O5/c1-9-20-10-12-22-17-25(32-24(22)16-20)23(30)13-11-21-14-18(2)26(19(3)15-21)33-29(7,8)27(31)34-28(4,5)6/h10-17H,9H2,1-8H3/b13-11+. The van der Waals surface area contributed by atoms with Crippen LogP contribution >= 0.6 is 0 Å². The number of hydrogen-bond donors (Lipinski definition) is 0. The maximum atomic E-state index is 12.7. The predicted octanol–water partition coefficient (Wildman–Crippen LogP) is 7.01. The summed E-state index contributed by atoms with van der Waals surface area (Å²) in [6.45, 7) is 14.8. The van der Waals surface area contributed by atoms with Crippen LogP contribution in [0.25, 0.3) is 17.0 Å². The molecule has 0 radical (unpaired) electrons. The van der Waals surface area contributed by atoms with Crippen LogP contribution in [0.1, 0.15) is 74.4 Å². The summed E-state index contributed by atoms with van der Waals surface area (Å²) in [7, 11) is 0. The van der Waals surface area contributed by atoms with Crippen LogP contribution in [0.4, 0.5) is 0 Å². The average Bonchev–Trinajstić information content (AvgIpc) is 3.16. The number of allylic oxidation sites excluding steroid dienone is 1. The van der Waals surface area contributed by atoms with Crippen LogP contribution in [0.5, 0.6) is 5.75 Å². The van der Waals surface area contributed by atoms with Crippen molar-refractivity contribution in [3.05, 3.63) is 70.5 Å². The molecule has 180 valence electrons. The van der Waals surface area contributed by atoms with Crippen LogP contribution in [-0.2, 0) is 16.0 Å². The normalized spacial score (nSPS) is 12.4. The van der Waals surface area contributed by atoms with E-state index >= 15 is 0 Å². The Bertz CT molecular complexity index is 1230. The molecule has 0 amide bonds. The van der Waals surface area contributed by atoms with Gasteiger partial charge < -0.3 is 13.9 Å². The van der Waals surface area contributed by atoms with Crippen molar-refractivity contribution < 1.29 is 23.5 Å². The molecule has 0 N–H and O–H groups in total. The van der Waals surface area contributed by atoms with Crippen molar-refractivity contribution >= 4 is 28.8 Å². The van der Waals surface area contributed by atoms with E-state index in [9.17, 15) is 9.59 Å². The summed E-state index contributed by atoms with van der Waals surface area (Å²) in [4.78, 5) is 25.3. The van der Waals surface area contributed by atoms with Gasteiger partial charge in [0.2, 0.25) is 5.78 Å². The zero-order chi connectivity index (χ0) is 25.3. The van der Waals surface area contributed by atoms with Crippen LogP contribution in [0.3, 0.4) is 0 Å². The Morgan fingerprint density at radius 1 is 0.971 bits per heavy atom. The number of furan rings is 1. The third-order valence-corrected chi connectivity index (χ3v) is 5.39. The molecule has 0 atom stereocenters. The smallest absolute Gasteiger partial charge is 0.350 e. The van der Waals surface area contributed by atoms with Gasteiger partial charge in [0.1, 0.15) is 16.9 Å². The number of carbonyl (C=O) groups is 2. The summed E-state index contributed by atoms with van der Waals surface area (Å²) in [5.74, 6) is 0.316. The highest BCUT2D eigenvalue weighted by Crippen LogP contribution is 2.30. The zero-order valence-corrected chi connectivity index (χ0v) is 21.4. The average molecular weight is 463 g/mol. The Labute approximate surface area is 201 Å². The molecule has 1 heterocycles. The Kier molecular flexibility index (Phi) is 7.06. The van der Waals surface area contributed by atoms with Crippen LogP contribution in [0.2, 0.25) is 0 Å². The van der Waals surface area contributed by atoms with Crippen molar-refractivity contribution in [2.45, 2.75) is 73.0 Å². The molecule has 0 spiro atoms. The molecule has 0 aliphatic carbocycles. The Balaban J connectivity index is 1.78. The number of carbonyl (C=O) groups excluding carboxylic acids is 2. The van der Waals surface area contributed by atoms with E-state index < -0.39 is 17.2 Å².